The van der Waals surface area contributed by atoms with Crippen LogP contribution < -0.4 is 10.2 Å². The zero-order valence-corrected chi connectivity index (χ0v) is 14.1. The lowest BCUT2D eigenvalue weighted by Crippen LogP contribution is -2.50. The zero-order chi connectivity index (χ0) is 17.4. The minimum atomic E-state index is -0.811. The lowest BCUT2D eigenvalue weighted by Gasteiger charge is -2.40. The number of fused-ring (bicyclic) bond motifs is 3. The van der Waals surface area contributed by atoms with Gasteiger partial charge in [0, 0.05) is 44.0 Å². The number of nitrogens with one attached hydrogen (secondary N) is 1. The second-order valence-electron chi connectivity index (χ2n) is 7.21. The molecule has 1 amide bonds. The molecule has 0 aromatic heterocycles. The number of hydrogen-bond acceptors (Lipinski definition) is 4. The number of carbonyl (C=O) groups excluding carboxylic acids is 1. The van der Waals surface area contributed by atoms with E-state index in [0.29, 0.717) is 19.3 Å². The molecular formula is C18H23F2N3O2. The third-order valence-corrected chi connectivity index (χ3v) is 5.51. The van der Waals surface area contributed by atoms with E-state index in [1.807, 2.05) is 0 Å². The van der Waals surface area contributed by atoms with Crippen LogP contribution in [-0.4, -0.2) is 62.3 Å². The Morgan fingerprint density at radius 3 is 2.64 bits per heavy atom. The van der Waals surface area contributed by atoms with E-state index in [9.17, 15) is 13.6 Å². The Balaban J connectivity index is 1.40. The van der Waals surface area contributed by atoms with Crippen LogP contribution >= 0.6 is 0 Å². The third-order valence-electron chi connectivity index (χ3n) is 5.51. The highest BCUT2D eigenvalue weighted by atomic mass is 19.2. The molecule has 4 rings (SSSR count). The minimum absolute atomic E-state index is 0.0595. The first-order valence-electron chi connectivity index (χ1n) is 8.92. The van der Waals surface area contributed by atoms with Crippen molar-refractivity contribution in [3.05, 3.63) is 29.8 Å². The molecule has 2 bridgehead atoms. The molecule has 5 nitrogen and oxygen atoms in total. The first-order chi connectivity index (χ1) is 12.1. The van der Waals surface area contributed by atoms with Gasteiger partial charge in [-0.25, -0.2) is 8.78 Å². The van der Waals surface area contributed by atoms with Crippen molar-refractivity contribution in [1.29, 1.82) is 0 Å². The van der Waals surface area contributed by atoms with Gasteiger partial charge in [-0.2, -0.15) is 0 Å². The van der Waals surface area contributed by atoms with E-state index >= 15 is 0 Å². The van der Waals surface area contributed by atoms with Crippen molar-refractivity contribution < 1.29 is 18.3 Å². The van der Waals surface area contributed by atoms with Gasteiger partial charge in [0.2, 0.25) is 5.91 Å². The maximum Gasteiger partial charge on any atom is 0.227 e. The smallest absolute Gasteiger partial charge is 0.227 e. The lowest BCUT2D eigenvalue weighted by molar-refractivity contribution is -0.125. The number of rotatable bonds is 2. The summed E-state index contributed by atoms with van der Waals surface area (Å²) in [6.45, 7) is 4.23. The molecule has 3 fully saturated rings. The summed E-state index contributed by atoms with van der Waals surface area (Å²) in [7, 11) is 0. The lowest BCUT2D eigenvalue weighted by atomic mass is 10.00. The van der Waals surface area contributed by atoms with Crippen LogP contribution in [0.15, 0.2) is 18.2 Å². The number of benzene rings is 1. The molecule has 7 heteroatoms. The van der Waals surface area contributed by atoms with Crippen LogP contribution in [0.5, 0.6) is 0 Å². The first kappa shape index (κ1) is 16.7. The van der Waals surface area contributed by atoms with Gasteiger partial charge >= 0.3 is 0 Å². The van der Waals surface area contributed by atoms with E-state index in [2.05, 4.69) is 15.1 Å². The molecule has 1 aromatic carbocycles. The molecule has 0 spiro atoms. The average molecular weight is 351 g/mol. The molecule has 25 heavy (non-hydrogen) atoms. The molecule has 0 saturated carbocycles. The number of amides is 1. The maximum atomic E-state index is 13.5. The van der Waals surface area contributed by atoms with Crippen LogP contribution in [0.3, 0.4) is 0 Å². The molecule has 0 radical (unpaired) electrons. The largest absolute Gasteiger partial charge is 0.378 e. The maximum absolute atomic E-state index is 13.5. The fraction of sp³-hybridized carbons (Fsp3) is 0.611. The van der Waals surface area contributed by atoms with E-state index in [0.717, 1.165) is 44.7 Å². The monoisotopic (exact) mass is 351 g/mol. The average Bonchev–Trinajstić information content (AvgIpc) is 2.86. The molecule has 0 unspecified atom stereocenters. The number of anilines is 1. The van der Waals surface area contributed by atoms with Crippen molar-refractivity contribution in [2.75, 3.05) is 44.3 Å². The molecule has 3 saturated heterocycles. The number of hydrogen-bond donors (Lipinski definition) is 1. The van der Waals surface area contributed by atoms with Gasteiger partial charge in [0.05, 0.1) is 25.2 Å². The molecule has 3 heterocycles. The predicted molar refractivity (Wildman–Crippen MR) is 89.4 cm³/mol. The number of nitrogens with zero attached hydrogens (tertiary/aromatic N) is 2. The van der Waals surface area contributed by atoms with Crippen LogP contribution in [0, 0.1) is 17.6 Å². The van der Waals surface area contributed by atoms with E-state index in [4.69, 9.17) is 4.74 Å². The van der Waals surface area contributed by atoms with E-state index in [1.165, 1.54) is 12.1 Å². The summed E-state index contributed by atoms with van der Waals surface area (Å²) in [4.78, 5) is 16.6. The van der Waals surface area contributed by atoms with Crippen LogP contribution in [0.4, 0.5) is 14.5 Å². The van der Waals surface area contributed by atoms with E-state index in [-0.39, 0.29) is 17.9 Å². The molecule has 3 aliphatic rings. The van der Waals surface area contributed by atoms with Crippen molar-refractivity contribution in [2.24, 2.45) is 5.92 Å². The quantitative estimate of drug-likeness (QED) is 0.874. The summed E-state index contributed by atoms with van der Waals surface area (Å²) in [5, 5.41) is 3.06. The Kier molecular flexibility index (Phi) is 4.60. The summed E-state index contributed by atoms with van der Waals surface area (Å²) in [6.07, 6.45) is 1.90. The van der Waals surface area contributed by atoms with Gasteiger partial charge in [-0.1, -0.05) is 0 Å². The summed E-state index contributed by atoms with van der Waals surface area (Å²) in [6, 6.07) is 4.56. The normalized spacial score (nSPS) is 28.6. The van der Waals surface area contributed by atoms with Crippen molar-refractivity contribution in [3.63, 3.8) is 0 Å². The molecule has 0 aliphatic carbocycles. The fourth-order valence-corrected chi connectivity index (χ4v) is 4.13. The fourth-order valence-electron chi connectivity index (χ4n) is 4.13. The summed E-state index contributed by atoms with van der Waals surface area (Å²) in [5.74, 6) is -1.61. The second kappa shape index (κ2) is 6.88. The number of halogens is 2. The Morgan fingerprint density at radius 1 is 1.08 bits per heavy atom. The molecule has 2 atom stereocenters. The van der Waals surface area contributed by atoms with Crippen LogP contribution in [-0.2, 0) is 9.53 Å². The predicted octanol–water partition coefficient (Wildman–Crippen LogP) is 1.38. The molecule has 3 aliphatic heterocycles. The highest BCUT2D eigenvalue weighted by Crippen LogP contribution is 2.26. The summed E-state index contributed by atoms with van der Waals surface area (Å²) in [5.41, 5.74) is 0.732. The number of ether oxygens (including phenoxy) is 1. The molecule has 1 aromatic rings. The third kappa shape index (κ3) is 3.48. The first-order valence-corrected chi connectivity index (χ1v) is 8.92. The summed E-state index contributed by atoms with van der Waals surface area (Å²) < 4.78 is 32.1. The van der Waals surface area contributed by atoms with Crippen molar-refractivity contribution in [1.82, 2.24) is 10.2 Å². The molecule has 1 N–H and O–H groups in total. The van der Waals surface area contributed by atoms with Gasteiger partial charge in [0.25, 0.3) is 0 Å². The molecule has 136 valence electrons. The van der Waals surface area contributed by atoms with E-state index < -0.39 is 11.6 Å². The van der Waals surface area contributed by atoms with Gasteiger partial charge in [0.15, 0.2) is 11.6 Å². The standard InChI is InChI=1S/C18H23F2N3O2/c19-16-2-1-15(7-17(16)20)22-5-3-14(4-6-22)23-8-12-10-25-11-13(9-23)21-18(12)24/h1-2,7,12-14H,3-6,8-11H2,(H,21,24)/t12-,13+/m1/s1. The number of carbonyl (C=O) groups is 1. The zero-order valence-electron chi connectivity index (χ0n) is 14.1. The van der Waals surface area contributed by atoms with E-state index in [1.54, 1.807) is 6.07 Å². The van der Waals surface area contributed by atoms with Gasteiger partial charge in [-0.3, -0.25) is 9.69 Å². The highest BCUT2D eigenvalue weighted by molar-refractivity contribution is 5.80. The van der Waals surface area contributed by atoms with Crippen LogP contribution in [0.25, 0.3) is 0 Å². The van der Waals surface area contributed by atoms with Crippen molar-refractivity contribution in [2.45, 2.75) is 24.9 Å². The summed E-state index contributed by atoms with van der Waals surface area (Å²) >= 11 is 0. The van der Waals surface area contributed by atoms with Gasteiger partial charge < -0.3 is 15.0 Å². The Bertz CT molecular complexity index is 649. The Hall–Kier alpha value is -1.73. The Labute approximate surface area is 145 Å². The van der Waals surface area contributed by atoms with Crippen molar-refractivity contribution >= 4 is 11.6 Å². The highest BCUT2D eigenvalue weighted by Gasteiger charge is 2.36. The van der Waals surface area contributed by atoms with Gasteiger partial charge in [-0.15, -0.1) is 0 Å². The van der Waals surface area contributed by atoms with Crippen LogP contribution in [0.2, 0.25) is 0 Å². The van der Waals surface area contributed by atoms with Crippen molar-refractivity contribution in [3.8, 4) is 0 Å². The topological polar surface area (TPSA) is 44.8 Å². The Morgan fingerprint density at radius 2 is 1.88 bits per heavy atom. The molecular weight excluding hydrogens is 328 g/mol. The van der Waals surface area contributed by atoms with Gasteiger partial charge in [0.1, 0.15) is 0 Å². The van der Waals surface area contributed by atoms with Gasteiger partial charge in [-0.05, 0) is 25.0 Å². The minimum Gasteiger partial charge on any atom is -0.378 e. The second-order valence-corrected chi connectivity index (χ2v) is 7.21. The SMILES string of the molecule is O=C1N[C@@H]2COC[C@H]1CN(C1CCN(c3ccc(F)c(F)c3)CC1)C2. The number of piperidine rings is 1. The van der Waals surface area contributed by atoms with Crippen LogP contribution in [0.1, 0.15) is 12.8 Å².